The first-order chi connectivity index (χ1) is 11.8. The number of phenols is 1. The molecule has 1 aliphatic heterocycles. The molecular weight excluding hydrogens is 304 g/mol. The molecule has 1 fully saturated rings. The SMILES string of the molecule is Oc1cc(-n2cccn2)ccc1-c1ccc(N2CCNCC2)nn1. The van der Waals surface area contributed by atoms with Gasteiger partial charge < -0.3 is 15.3 Å². The van der Waals surface area contributed by atoms with E-state index in [0.717, 1.165) is 37.7 Å². The van der Waals surface area contributed by atoms with E-state index in [1.54, 1.807) is 16.9 Å². The van der Waals surface area contributed by atoms with Crippen molar-refractivity contribution in [1.29, 1.82) is 0 Å². The van der Waals surface area contributed by atoms with Gasteiger partial charge in [-0.05, 0) is 30.3 Å². The maximum Gasteiger partial charge on any atom is 0.151 e. The molecule has 7 heteroatoms. The Bertz CT molecular complexity index is 810. The Balaban J connectivity index is 1.59. The monoisotopic (exact) mass is 322 g/mol. The highest BCUT2D eigenvalue weighted by molar-refractivity contribution is 5.69. The molecule has 122 valence electrons. The molecule has 0 unspecified atom stereocenters. The summed E-state index contributed by atoms with van der Waals surface area (Å²) in [7, 11) is 0. The van der Waals surface area contributed by atoms with Gasteiger partial charge in [-0.25, -0.2) is 4.68 Å². The van der Waals surface area contributed by atoms with Gasteiger partial charge in [0.1, 0.15) is 5.75 Å². The molecule has 2 N–H and O–H groups in total. The van der Waals surface area contributed by atoms with Crippen molar-refractivity contribution in [3.05, 3.63) is 48.8 Å². The van der Waals surface area contributed by atoms with E-state index in [2.05, 4.69) is 25.5 Å². The molecule has 2 aromatic heterocycles. The Morgan fingerprint density at radius 3 is 2.58 bits per heavy atom. The van der Waals surface area contributed by atoms with Gasteiger partial charge in [0, 0.05) is 50.2 Å². The highest BCUT2D eigenvalue weighted by atomic mass is 16.3. The zero-order valence-electron chi connectivity index (χ0n) is 13.1. The fourth-order valence-corrected chi connectivity index (χ4v) is 2.83. The average molecular weight is 322 g/mol. The number of nitrogens with one attached hydrogen (secondary N) is 1. The van der Waals surface area contributed by atoms with Gasteiger partial charge in [-0.3, -0.25) is 0 Å². The number of piperazine rings is 1. The Kier molecular flexibility index (Phi) is 3.84. The van der Waals surface area contributed by atoms with Crippen LogP contribution in [0, 0.1) is 0 Å². The zero-order chi connectivity index (χ0) is 16.4. The first kappa shape index (κ1) is 14.6. The lowest BCUT2D eigenvalue weighted by molar-refractivity contribution is 0.476. The molecule has 1 aromatic carbocycles. The van der Waals surface area contributed by atoms with Gasteiger partial charge in [-0.2, -0.15) is 5.10 Å². The second-order valence-electron chi connectivity index (χ2n) is 5.67. The zero-order valence-corrected chi connectivity index (χ0v) is 13.1. The predicted octanol–water partition coefficient (Wildman–Crippen LogP) is 1.44. The summed E-state index contributed by atoms with van der Waals surface area (Å²) in [5.74, 6) is 1.03. The van der Waals surface area contributed by atoms with Crippen LogP contribution in [0.15, 0.2) is 48.8 Å². The average Bonchev–Trinajstić information content (AvgIpc) is 3.17. The van der Waals surface area contributed by atoms with Crippen LogP contribution in [0.25, 0.3) is 16.9 Å². The van der Waals surface area contributed by atoms with Gasteiger partial charge in [-0.1, -0.05) is 0 Å². The van der Waals surface area contributed by atoms with Crippen LogP contribution in [0.5, 0.6) is 5.75 Å². The Hall–Kier alpha value is -2.93. The number of hydrogen-bond acceptors (Lipinski definition) is 6. The fourth-order valence-electron chi connectivity index (χ4n) is 2.83. The van der Waals surface area contributed by atoms with Crippen molar-refractivity contribution in [3.63, 3.8) is 0 Å². The van der Waals surface area contributed by atoms with Crippen LogP contribution in [-0.4, -0.2) is 51.3 Å². The second-order valence-corrected chi connectivity index (χ2v) is 5.67. The van der Waals surface area contributed by atoms with E-state index in [1.165, 1.54) is 0 Å². The molecular formula is C17H18N6O. The molecule has 7 nitrogen and oxygen atoms in total. The van der Waals surface area contributed by atoms with Crippen LogP contribution in [0.2, 0.25) is 0 Å². The number of benzene rings is 1. The Labute approximate surface area is 139 Å². The van der Waals surface area contributed by atoms with Crippen molar-refractivity contribution in [2.24, 2.45) is 0 Å². The minimum Gasteiger partial charge on any atom is -0.507 e. The number of anilines is 1. The van der Waals surface area contributed by atoms with E-state index >= 15 is 0 Å². The van der Waals surface area contributed by atoms with Crippen LogP contribution in [0.4, 0.5) is 5.82 Å². The van der Waals surface area contributed by atoms with Crippen LogP contribution in [-0.2, 0) is 0 Å². The molecule has 0 aliphatic carbocycles. The third-order valence-corrected chi connectivity index (χ3v) is 4.12. The lowest BCUT2D eigenvalue weighted by Gasteiger charge is -2.27. The number of phenolic OH excluding ortho intramolecular Hbond substituents is 1. The van der Waals surface area contributed by atoms with Crippen LogP contribution in [0.1, 0.15) is 0 Å². The van der Waals surface area contributed by atoms with Gasteiger partial charge in [0.05, 0.1) is 11.4 Å². The van der Waals surface area contributed by atoms with Crippen molar-refractivity contribution in [2.75, 3.05) is 31.1 Å². The third-order valence-electron chi connectivity index (χ3n) is 4.12. The minimum absolute atomic E-state index is 0.159. The summed E-state index contributed by atoms with van der Waals surface area (Å²) in [6.45, 7) is 3.77. The summed E-state index contributed by atoms with van der Waals surface area (Å²) in [5, 5.41) is 26.4. The molecule has 1 saturated heterocycles. The van der Waals surface area contributed by atoms with Gasteiger partial charge in [0.15, 0.2) is 5.82 Å². The molecule has 24 heavy (non-hydrogen) atoms. The summed E-state index contributed by atoms with van der Waals surface area (Å²) < 4.78 is 1.70. The molecule has 0 amide bonds. The van der Waals surface area contributed by atoms with Crippen LogP contribution in [0.3, 0.4) is 0 Å². The van der Waals surface area contributed by atoms with E-state index in [-0.39, 0.29) is 5.75 Å². The number of aromatic nitrogens is 4. The van der Waals surface area contributed by atoms with Gasteiger partial charge in [0.25, 0.3) is 0 Å². The first-order valence-electron chi connectivity index (χ1n) is 7.94. The van der Waals surface area contributed by atoms with E-state index < -0.39 is 0 Å². The standard InChI is InChI=1S/C17H18N6O/c24-16-12-13(23-9-1-6-19-23)2-3-14(16)15-4-5-17(21-20-15)22-10-7-18-8-11-22/h1-6,9,12,18,24H,7-8,10-11H2. The van der Waals surface area contributed by atoms with E-state index in [4.69, 9.17) is 0 Å². The molecule has 4 rings (SSSR count). The number of hydrogen-bond donors (Lipinski definition) is 2. The Morgan fingerprint density at radius 1 is 1.04 bits per heavy atom. The van der Waals surface area contributed by atoms with Crippen molar-refractivity contribution >= 4 is 5.82 Å². The smallest absolute Gasteiger partial charge is 0.151 e. The molecule has 0 saturated carbocycles. The molecule has 0 spiro atoms. The third kappa shape index (κ3) is 2.81. The fraction of sp³-hybridized carbons (Fsp3) is 0.235. The summed E-state index contributed by atoms with van der Waals surface area (Å²) in [6.07, 6.45) is 3.53. The maximum atomic E-state index is 10.3. The minimum atomic E-state index is 0.159. The van der Waals surface area contributed by atoms with Crippen molar-refractivity contribution in [1.82, 2.24) is 25.3 Å². The van der Waals surface area contributed by atoms with Crippen LogP contribution < -0.4 is 10.2 Å². The normalized spacial score (nSPS) is 14.8. The van der Waals surface area contributed by atoms with E-state index in [9.17, 15) is 5.11 Å². The lowest BCUT2D eigenvalue weighted by Crippen LogP contribution is -2.43. The first-order valence-corrected chi connectivity index (χ1v) is 7.94. The predicted molar refractivity (Wildman–Crippen MR) is 91.3 cm³/mol. The molecule has 0 bridgehead atoms. The molecule has 3 heterocycles. The summed E-state index contributed by atoms with van der Waals surface area (Å²) in [4.78, 5) is 2.20. The highest BCUT2D eigenvalue weighted by Crippen LogP contribution is 2.29. The van der Waals surface area contributed by atoms with Crippen molar-refractivity contribution in [3.8, 4) is 22.7 Å². The summed E-state index contributed by atoms with van der Waals surface area (Å²) >= 11 is 0. The number of aromatic hydroxyl groups is 1. The molecule has 1 aliphatic rings. The molecule has 0 atom stereocenters. The maximum absolute atomic E-state index is 10.3. The number of nitrogens with zero attached hydrogens (tertiary/aromatic N) is 5. The second kappa shape index (κ2) is 6.29. The van der Waals surface area contributed by atoms with Crippen molar-refractivity contribution in [2.45, 2.75) is 0 Å². The molecule has 3 aromatic rings. The topological polar surface area (TPSA) is 79.1 Å². The lowest BCUT2D eigenvalue weighted by atomic mass is 10.1. The summed E-state index contributed by atoms with van der Waals surface area (Å²) in [5.41, 5.74) is 2.11. The Morgan fingerprint density at radius 2 is 1.92 bits per heavy atom. The van der Waals surface area contributed by atoms with Gasteiger partial charge in [-0.15, -0.1) is 10.2 Å². The largest absolute Gasteiger partial charge is 0.507 e. The quantitative estimate of drug-likeness (QED) is 0.760. The van der Waals surface area contributed by atoms with Gasteiger partial charge in [0.2, 0.25) is 0 Å². The van der Waals surface area contributed by atoms with Gasteiger partial charge >= 0.3 is 0 Å². The van der Waals surface area contributed by atoms with E-state index in [1.807, 2.05) is 36.5 Å². The highest BCUT2D eigenvalue weighted by Gasteiger charge is 2.13. The summed E-state index contributed by atoms with van der Waals surface area (Å²) in [6, 6.07) is 11.1. The molecule has 0 radical (unpaired) electrons. The number of rotatable bonds is 3. The van der Waals surface area contributed by atoms with E-state index in [0.29, 0.717) is 11.3 Å². The van der Waals surface area contributed by atoms with Crippen molar-refractivity contribution < 1.29 is 5.11 Å². The van der Waals surface area contributed by atoms with Crippen LogP contribution >= 0.6 is 0 Å².